The molecule has 2 aromatic rings. The van der Waals surface area contributed by atoms with Crippen molar-refractivity contribution in [3.63, 3.8) is 0 Å². The standard InChI is InChI=1S/C15H19N3O2/c1-2-11-16-13(19)9-6-10-14-17-15(18-20-14)12-7-4-3-5-8-12/h3-5,7-8H,2,6,9-11H2,1H3,(H,16,19). The van der Waals surface area contributed by atoms with Crippen LogP contribution < -0.4 is 5.32 Å². The van der Waals surface area contributed by atoms with Gasteiger partial charge in [0.25, 0.3) is 0 Å². The van der Waals surface area contributed by atoms with Crippen LogP contribution in [0.15, 0.2) is 34.9 Å². The van der Waals surface area contributed by atoms with E-state index in [9.17, 15) is 4.79 Å². The molecule has 0 aliphatic heterocycles. The Morgan fingerprint density at radius 2 is 2.10 bits per heavy atom. The Balaban J connectivity index is 1.80. The van der Waals surface area contributed by atoms with Crippen molar-refractivity contribution in [1.29, 1.82) is 0 Å². The molecule has 1 N–H and O–H groups in total. The maximum Gasteiger partial charge on any atom is 0.226 e. The SMILES string of the molecule is CCCNC(=O)CCCc1nc(-c2ccccc2)no1. The molecule has 0 aliphatic carbocycles. The molecule has 0 aliphatic rings. The molecule has 0 atom stereocenters. The summed E-state index contributed by atoms with van der Waals surface area (Å²) in [6.07, 6.45) is 2.78. The van der Waals surface area contributed by atoms with Gasteiger partial charge in [0.1, 0.15) is 0 Å². The first kappa shape index (κ1) is 14.2. The van der Waals surface area contributed by atoms with Gasteiger partial charge in [-0.05, 0) is 12.8 Å². The number of nitrogens with zero attached hydrogens (tertiary/aromatic N) is 2. The Kier molecular flexibility index (Phi) is 5.29. The van der Waals surface area contributed by atoms with Gasteiger partial charge in [-0.2, -0.15) is 4.98 Å². The zero-order valence-electron chi connectivity index (χ0n) is 11.6. The fourth-order valence-corrected chi connectivity index (χ4v) is 1.81. The summed E-state index contributed by atoms with van der Waals surface area (Å²) >= 11 is 0. The van der Waals surface area contributed by atoms with Crippen LogP contribution >= 0.6 is 0 Å². The Labute approximate surface area is 118 Å². The molecule has 0 radical (unpaired) electrons. The number of amides is 1. The Hall–Kier alpha value is -2.17. The van der Waals surface area contributed by atoms with E-state index in [1.54, 1.807) is 0 Å². The number of nitrogens with one attached hydrogen (secondary N) is 1. The quantitative estimate of drug-likeness (QED) is 0.842. The Morgan fingerprint density at radius 1 is 1.30 bits per heavy atom. The number of benzene rings is 1. The Morgan fingerprint density at radius 3 is 2.85 bits per heavy atom. The number of rotatable bonds is 7. The van der Waals surface area contributed by atoms with Crippen LogP contribution in [-0.4, -0.2) is 22.6 Å². The molecule has 1 aromatic carbocycles. The molecule has 5 nitrogen and oxygen atoms in total. The molecule has 1 heterocycles. The smallest absolute Gasteiger partial charge is 0.226 e. The minimum atomic E-state index is 0.0784. The first-order chi connectivity index (χ1) is 9.79. The van der Waals surface area contributed by atoms with Gasteiger partial charge in [0.15, 0.2) is 0 Å². The molecule has 20 heavy (non-hydrogen) atoms. The lowest BCUT2D eigenvalue weighted by Gasteiger charge is -2.01. The topological polar surface area (TPSA) is 68.0 Å². The molecule has 0 saturated heterocycles. The summed E-state index contributed by atoms with van der Waals surface area (Å²) in [4.78, 5) is 15.8. The number of carbonyl (C=O) groups excluding carboxylic acids is 1. The van der Waals surface area contributed by atoms with E-state index in [0.29, 0.717) is 31.0 Å². The van der Waals surface area contributed by atoms with Crippen LogP contribution in [0.25, 0.3) is 11.4 Å². The molecule has 2 rings (SSSR count). The van der Waals surface area contributed by atoms with E-state index < -0.39 is 0 Å². The van der Waals surface area contributed by atoms with Crippen molar-refractivity contribution in [1.82, 2.24) is 15.5 Å². The monoisotopic (exact) mass is 273 g/mol. The largest absolute Gasteiger partial charge is 0.356 e. The van der Waals surface area contributed by atoms with E-state index in [1.165, 1.54) is 0 Å². The van der Waals surface area contributed by atoms with E-state index in [2.05, 4.69) is 15.5 Å². The zero-order chi connectivity index (χ0) is 14.2. The van der Waals surface area contributed by atoms with Gasteiger partial charge in [-0.15, -0.1) is 0 Å². The minimum absolute atomic E-state index is 0.0784. The van der Waals surface area contributed by atoms with Crippen LogP contribution in [0.2, 0.25) is 0 Å². The van der Waals surface area contributed by atoms with E-state index in [0.717, 1.165) is 18.5 Å². The molecule has 0 fully saturated rings. The molecular formula is C15H19N3O2. The second-order valence-corrected chi connectivity index (χ2v) is 4.58. The van der Waals surface area contributed by atoms with E-state index >= 15 is 0 Å². The summed E-state index contributed by atoms with van der Waals surface area (Å²) in [5.74, 6) is 1.25. The van der Waals surface area contributed by atoms with Gasteiger partial charge in [-0.25, -0.2) is 0 Å². The highest BCUT2D eigenvalue weighted by atomic mass is 16.5. The lowest BCUT2D eigenvalue weighted by atomic mass is 10.2. The van der Waals surface area contributed by atoms with Crippen LogP contribution in [0.4, 0.5) is 0 Å². The number of hydrogen-bond donors (Lipinski definition) is 1. The van der Waals surface area contributed by atoms with Crippen LogP contribution in [0.1, 0.15) is 32.1 Å². The maximum absolute atomic E-state index is 11.4. The number of aryl methyl sites for hydroxylation is 1. The van der Waals surface area contributed by atoms with Crippen LogP contribution in [0, 0.1) is 0 Å². The first-order valence-electron chi connectivity index (χ1n) is 6.94. The molecule has 0 unspecified atom stereocenters. The van der Waals surface area contributed by atoms with E-state index in [-0.39, 0.29) is 5.91 Å². The highest BCUT2D eigenvalue weighted by Crippen LogP contribution is 2.15. The van der Waals surface area contributed by atoms with E-state index in [4.69, 9.17) is 4.52 Å². The zero-order valence-corrected chi connectivity index (χ0v) is 11.6. The predicted molar refractivity (Wildman–Crippen MR) is 76.0 cm³/mol. The van der Waals surface area contributed by atoms with Crippen molar-refractivity contribution in [2.24, 2.45) is 0 Å². The van der Waals surface area contributed by atoms with Crippen molar-refractivity contribution >= 4 is 5.91 Å². The van der Waals surface area contributed by atoms with Gasteiger partial charge < -0.3 is 9.84 Å². The van der Waals surface area contributed by atoms with E-state index in [1.807, 2.05) is 37.3 Å². The molecule has 0 bridgehead atoms. The van der Waals surface area contributed by atoms with Crippen molar-refractivity contribution in [2.45, 2.75) is 32.6 Å². The molecular weight excluding hydrogens is 254 g/mol. The third-order valence-electron chi connectivity index (χ3n) is 2.87. The maximum atomic E-state index is 11.4. The highest BCUT2D eigenvalue weighted by molar-refractivity contribution is 5.75. The molecule has 1 amide bonds. The summed E-state index contributed by atoms with van der Waals surface area (Å²) in [7, 11) is 0. The average Bonchev–Trinajstić information content (AvgIpc) is 2.95. The van der Waals surface area contributed by atoms with Gasteiger partial charge in [0.2, 0.25) is 17.6 Å². The first-order valence-corrected chi connectivity index (χ1v) is 6.94. The van der Waals surface area contributed by atoms with Crippen molar-refractivity contribution in [3.05, 3.63) is 36.2 Å². The predicted octanol–water partition coefficient (Wildman–Crippen LogP) is 2.59. The van der Waals surface area contributed by atoms with Crippen LogP contribution in [0.5, 0.6) is 0 Å². The molecule has 106 valence electrons. The summed E-state index contributed by atoms with van der Waals surface area (Å²) in [6, 6.07) is 9.69. The third kappa shape index (κ3) is 4.19. The summed E-state index contributed by atoms with van der Waals surface area (Å²) in [5, 5.41) is 6.79. The minimum Gasteiger partial charge on any atom is -0.356 e. The van der Waals surface area contributed by atoms with Crippen molar-refractivity contribution < 1.29 is 9.32 Å². The summed E-state index contributed by atoms with van der Waals surface area (Å²) in [5.41, 5.74) is 0.934. The fourth-order valence-electron chi connectivity index (χ4n) is 1.81. The average molecular weight is 273 g/mol. The second kappa shape index (κ2) is 7.43. The second-order valence-electron chi connectivity index (χ2n) is 4.58. The van der Waals surface area contributed by atoms with Gasteiger partial charge in [0, 0.05) is 24.9 Å². The van der Waals surface area contributed by atoms with Crippen molar-refractivity contribution in [3.8, 4) is 11.4 Å². The molecule has 1 aromatic heterocycles. The van der Waals surface area contributed by atoms with Crippen LogP contribution in [0.3, 0.4) is 0 Å². The Bertz CT molecular complexity index is 537. The molecule has 0 saturated carbocycles. The molecule has 5 heteroatoms. The van der Waals surface area contributed by atoms with Gasteiger partial charge in [0.05, 0.1) is 0 Å². The van der Waals surface area contributed by atoms with Crippen LogP contribution in [-0.2, 0) is 11.2 Å². The number of hydrogen-bond acceptors (Lipinski definition) is 4. The van der Waals surface area contributed by atoms with Gasteiger partial charge in [-0.3, -0.25) is 4.79 Å². The normalized spacial score (nSPS) is 10.4. The van der Waals surface area contributed by atoms with Gasteiger partial charge >= 0.3 is 0 Å². The number of carbonyl (C=O) groups is 1. The third-order valence-corrected chi connectivity index (χ3v) is 2.87. The van der Waals surface area contributed by atoms with Gasteiger partial charge in [-0.1, -0.05) is 42.4 Å². The highest BCUT2D eigenvalue weighted by Gasteiger charge is 2.08. The fraction of sp³-hybridized carbons (Fsp3) is 0.400. The van der Waals surface area contributed by atoms with Crippen molar-refractivity contribution in [2.75, 3.05) is 6.54 Å². The lowest BCUT2D eigenvalue weighted by Crippen LogP contribution is -2.23. The lowest BCUT2D eigenvalue weighted by molar-refractivity contribution is -0.121. The number of aromatic nitrogens is 2. The summed E-state index contributed by atoms with van der Waals surface area (Å²) < 4.78 is 5.19. The molecule has 0 spiro atoms. The summed E-state index contributed by atoms with van der Waals surface area (Å²) in [6.45, 7) is 2.77.